The van der Waals surface area contributed by atoms with Gasteiger partial charge >= 0.3 is 5.97 Å². The molecule has 0 aromatic heterocycles. The molecule has 0 atom stereocenters. The average Bonchev–Trinajstić information content (AvgIpc) is 2.66. The van der Waals surface area contributed by atoms with Crippen LogP contribution in [0.15, 0.2) is 48.5 Å². The molecule has 0 aliphatic heterocycles. The Labute approximate surface area is 181 Å². The Morgan fingerprint density at radius 2 is 1.66 bits per heavy atom. The number of carbonyl (C=O) groups is 1. The van der Waals surface area contributed by atoms with Crippen LogP contribution in [-0.4, -0.2) is 22.8 Å². The topological polar surface area (TPSA) is 66.8 Å². The van der Waals surface area contributed by atoms with Crippen molar-refractivity contribution in [1.82, 2.24) is 0 Å². The summed E-state index contributed by atoms with van der Waals surface area (Å²) in [5, 5.41) is 19.5. The zero-order valence-corrected chi connectivity index (χ0v) is 17.0. The van der Waals surface area contributed by atoms with Crippen molar-refractivity contribution >= 4 is 40.8 Å². The zero-order chi connectivity index (χ0) is 21.1. The number of hydrogen-bond donors (Lipinski definition) is 2. The first-order chi connectivity index (χ1) is 13.7. The largest absolute Gasteiger partial charge is 0.507 e. The van der Waals surface area contributed by atoms with Gasteiger partial charge in [-0.3, -0.25) is 0 Å². The second kappa shape index (κ2) is 8.91. The third kappa shape index (κ3) is 5.12. The SMILES string of the molecule is O=C(O)COc1cc(Cl)c(Cc2ccc(O)c(-c3ccc(Cl)c(F)c3)c2)c(Cl)c1. The maximum absolute atomic E-state index is 13.8. The van der Waals surface area contributed by atoms with E-state index in [4.69, 9.17) is 44.6 Å². The van der Waals surface area contributed by atoms with Crippen molar-refractivity contribution in [3.63, 3.8) is 0 Å². The lowest BCUT2D eigenvalue weighted by Gasteiger charge is -2.12. The van der Waals surface area contributed by atoms with Gasteiger partial charge in [0.1, 0.15) is 17.3 Å². The first-order valence-corrected chi connectivity index (χ1v) is 9.48. The molecule has 0 aliphatic carbocycles. The highest BCUT2D eigenvalue weighted by molar-refractivity contribution is 6.36. The van der Waals surface area contributed by atoms with Crippen molar-refractivity contribution in [1.29, 1.82) is 0 Å². The van der Waals surface area contributed by atoms with Gasteiger partial charge in [-0.25, -0.2) is 9.18 Å². The summed E-state index contributed by atoms with van der Waals surface area (Å²) in [6.07, 6.45) is 0.334. The molecular formula is C21H14Cl3FO4. The van der Waals surface area contributed by atoms with E-state index in [9.17, 15) is 14.3 Å². The van der Waals surface area contributed by atoms with Gasteiger partial charge in [-0.2, -0.15) is 0 Å². The van der Waals surface area contributed by atoms with Crippen LogP contribution in [0, 0.1) is 5.82 Å². The van der Waals surface area contributed by atoms with Crippen molar-refractivity contribution in [2.45, 2.75) is 6.42 Å². The molecule has 0 saturated carbocycles. The minimum Gasteiger partial charge on any atom is -0.507 e. The summed E-state index contributed by atoms with van der Waals surface area (Å²) in [5.74, 6) is -1.46. The minimum atomic E-state index is -1.11. The molecule has 0 saturated heterocycles. The minimum absolute atomic E-state index is 0.00633. The average molecular weight is 456 g/mol. The van der Waals surface area contributed by atoms with Crippen LogP contribution in [0.3, 0.4) is 0 Å². The molecular weight excluding hydrogens is 442 g/mol. The van der Waals surface area contributed by atoms with E-state index in [1.807, 2.05) is 0 Å². The molecule has 0 heterocycles. The van der Waals surface area contributed by atoms with E-state index in [2.05, 4.69) is 0 Å². The van der Waals surface area contributed by atoms with Crippen molar-refractivity contribution in [2.75, 3.05) is 6.61 Å². The number of hydrogen-bond acceptors (Lipinski definition) is 3. The Bertz CT molecular complexity index is 1060. The Kier molecular flexibility index (Phi) is 6.52. The van der Waals surface area contributed by atoms with Gasteiger partial charge in [-0.1, -0.05) is 46.9 Å². The summed E-state index contributed by atoms with van der Waals surface area (Å²) in [7, 11) is 0. The summed E-state index contributed by atoms with van der Waals surface area (Å²) in [4.78, 5) is 10.6. The molecule has 0 bridgehead atoms. The molecule has 150 valence electrons. The molecule has 3 aromatic rings. The predicted molar refractivity (Wildman–Crippen MR) is 111 cm³/mol. The van der Waals surface area contributed by atoms with Gasteiger partial charge in [0.05, 0.1) is 5.02 Å². The van der Waals surface area contributed by atoms with E-state index in [0.717, 1.165) is 5.56 Å². The van der Waals surface area contributed by atoms with Crippen molar-refractivity contribution in [3.05, 3.63) is 80.5 Å². The third-order valence-corrected chi connectivity index (χ3v) is 5.13. The Hall–Kier alpha value is -2.47. The van der Waals surface area contributed by atoms with Crippen LogP contribution in [0.5, 0.6) is 11.5 Å². The van der Waals surface area contributed by atoms with E-state index in [-0.39, 0.29) is 16.5 Å². The number of benzene rings is 3. The third-order valence-electron chi connectivity index (χ3n) is 4.15. The number of halogens is 4. The first-order valence-electron chi connectivity index (χ1n) is 8.34. The van der Waals surface area contributed by atoms with Crippen LogP contribution in [0.25, 0.3) is 11.1 Å². The van der Waals surface area contributed by atoms with Gasteiger partial charge in [0.25, 0.3) is 0 Å². The molecule has 2 N–H and O–H groups in total. The predicted octanol–water partition coefficient (Wildman–Crippen LogP) is 6.21. The molecule has 3 aromatic carbocycles. The number of phenols is 1. The Morgan fingerprint density at radius 3 is 2.28 bits per heavy atom. The lowest BCUT2D eigenvalue weighted by molar-refractivity contribution is -0.139. The monoisotopic (exact) mass is 454 g/mol. The van der Waals surface area contributed by atoms with Crippen molar-refractivity contribution in [3.8, 4) is 22.6 Å². The molecule has 0 aliphatic rings. The maximum atomic E-state index is 13.8. The van der Waals surface area contributed by atoms with Crippen LogP contribution >= 0.6 is 34.8 Å². The van der Waals surface area contributed by atoms with E-state index in [1.165, 1.54) is 30.3 Å². The van der Waals surface area contributed by atoms with E-state index < -0.39 is 18.4 Å². The van der Waals surface area contributed by atoms with E-state index in [1.54, 1.807) is 18.2 Å². The number of aliphatic carboxylic acids is 1. The normalized spacial score (nSPS) is 10.8. The highest BCUT2D eigenvalue weighted by atomic mass is 35.5. The zero-order valence-electron chi connectivity index (χ0n) is 14.8. The van der Waals surface area contributed by atoms with E-state index >= 15 is 0 Å². The number of carboxylic acid groups (broad SMARTS) is 1. The molecule has 3 rings (SSSR count). The second-order valence-electron chi connectivity index (χ2n) is 6.21. The molecule has 0 unspecified atom stereocenters. The van der Waals surface area contributed by atoms with Crippen LogP contribution in [0.4, 0.5) is 4.39 Å². The summed E-state index contributed by atoms with van der Waals surface area (Å²) >= 11 is 18.3. The molecule has 29 heavy (non-hydrogen) atoms. The van der Waals surface area contributed by atoms with Gasteiger partial charge in [-0.15, -0.1) is 0 Å². The smallest absolute Gasteiger partial charge is 0.341 e. The fraction of sp³-hybridized carbons (Fsp3) is 0.0952. The summed E-state index contributed by atoms with van der Waals surface area (Å²) in [6.45, 7) is -0.509. The van der Waals surface area contributed by atoms with Crippen LogP contribution < -0.4 is 4.74 Å². The Balaban J connectivity index is 1.91. The summed E-state index contributed by atoms with van der Waals surface area (Å²) < 4.78 is 18.9. The summed E-state index contributed by atoms with van der Waals surface area (Å²) in [5.41, 5.74) is 2.29. The Morgan fingerprint density at radius 1 is 0.966 bits per heavy atom. The highest BCUT2D eigenvalue weighted by Crippen LogP contribution is 2.35. The quantitative estimate of drug-likeness (QED) is 0.463. The van der Waals surface area contributed by atoms with Crippen LogP contribution in [0.1, 0.15) is 11.1 Å². The number of aromatic hydroxyl groups is 1. The van der Waals surface area contributed by atoms with Crippen molar-refractivity contribution < 1.29 is 24.1 Å². The van der Waals surface area contributed by atoms with Gasteiger partial charge in [0.2, 0.25) is 0 Å². The number of ether oxygens (including phenoxy) is 1. The van der Waals surface area contributed by atoms with Gasteiger partial charge < -0.3 is 14.9 Å². The molecule has 0 fully saturated rings. The number of carboxylic acids is 1. The molecule has 4 nitrogen and oxygen atoms in total. The van der Waals surface area contributed by atoms with Gasteiger partial charge in [0.15, 0.2) is 6.61 Å². The van der Waals surface area contributed by atoms with Crippen LogP contribution in [-0.2, 0) is 11.2 Å². The molecule has 8 heteroatoms. The van der Waals surface area contributed by atoms with Crippen molar-refractivity contribution in [2.24, 2.45) is 0 Å². The van der Waals surface area contributed by atoms with Gasteiger partial charge in [0, 0.05) is 22.0 Å². The molecule has 0 spiro atoms. The lowest BCUT2D eigenvalue weighted by Crippen LogP contribution is -2.09. The maximum Gasteiger partial charge on any atom is 0.341 e. The highest BCUT2D eigenvalue weighted by Gasteiger charge is 2.13. The number of phenolic OH excluding ortho intramolecular Hbond substituents is 1. The lowest BCUT2D eigenvalue weighted by atomic mass is 9.98. The number of rotatable bonds is 6. The molecule has 0 amide bonds. The second-order valence-corrected chi connectivity index (χ2v) is 7.43. The van der Waals surface area contributed by atoms with Gasteiger partial charge in [-0.05, 0) is 53.1 Å². The van der Waals surface area contributed by atoms with Crippen LogP contribution in [0.2, 0.25) is 15.1 Å². The van der Waals surface area contributed by atoms with E-state index in [0.29, 0.717) is 33.2 Å². The summed E-state index contributed by atoms with van der Waals surface area (Å²) in [6, 6.07) is 12.2. The fourth-order valence-corrected chi connectivity index (χ4v) is 3.49. The fourth-order valence-electron chi connectivity index (χ4n) is 2.77. The standard InChI is InChI=1S/C21H14Cl3FO4/c22-16-3-2-12(7-19(16)25)14-5-11(1-4-20(14)26)6-15-17(23)8-13(9-18(15)24)29-10-21(27)28/h1-5,7-9,26H,6,10H2,(H,27,28). The molecule has 0 radical (unpaired) electrons. The first kappa shape index (κ1) is 21.2.